The third kappa shape index (κ3) is 5.21. The lowest BCUT2D eigenvalue weighted by atomic mass is 10.3. The summed E-state index contributed by atoms with van der Waals surface area (Å²) in [5, 5.41) is 5.89. The summed E-state index contributed by atoms with van der Waals surface area (Å²) in [5.74, 6) is 0.605. The van der Waals surface area contributed by atoms with Crippen LogP contribution in [-0.4, -0.2) is 22.0 Å². The first-order chi connectivity index (χ1) is 12.0. The fraction of sp³-hybridized carbons (Fsp3) is 0.278. The number of carbonyl (C=O) groups excluding carboxylic acids is 2. The van der Waals surface area contributed by atoms with Crippen LogP contribution in [0.1, 0.15) is 19.8 Å². The van der Waals surface area contributed by atoms with Crippen LogP contribution in [0.3, 0.4) is 0 Å². The lowest BCUT2D eigenvalue weighted by Gasteiger charge is -2.12. The topological polar surface area (TPSA) is 71.1 Å². The van der Waals surface area contributed by atoms with Gasteiger partial charge in [-0.1, -0.05) is 11.6 Å². The van der Waals surface area contributed by atoms with Crippen LogP contribution in [0.5, 0.6) is 0 Å². The summed E-state index contributed by atoms with van der Waals surface area (Å²) < 4.78 is 0. The Morgan fingerprint density at radius 1 is 1.16 bits per heavy atom. The zero-order valence-corrected chi connectivity index (χ0v) is 15.2. The Labute approximate surface area is 155 Å². The van der Waals surface area contributed by atoms with Gasteiger partial charge in [-0.2, -0.15) is 0 Å². The predicted octanol–water partition coefficient (Wildman–Crippen LogP) is 4.20. The van der Waals surface area contributed by atoms with Crippen molar-refractivity contribution < 1.29 is 9.59 Å². The average molecular weight is 376 g/mol. The number of pyridine rings is 1. The lowest BCUT2D eigenvalue weighted by molar-refractivity contribution is -0.117. The number of rotatable bonds is 6. The Morgan fingerprint density at radius 2 is 1.88 bits per heavy atom. The molecule has 5 nitrogen and oxygen atoms in total. The second-order valence-electron chi connectivity index (χ2n) is 5.90. The third-order valence-corrected chi connectivity index (χ3v) is 5.07. The van der Waals surface area contributed by atoms with Crippen molar-refractivity contribution in [3.63, 3.8) is 0 Å². The highest BCUT2D eigenvalue weighted by molar-refractivity contribution is 8.00. The fourth-order valence-corrected chi connectivity index (χ4v) is 3.12. The van der Waals surface area contributed by atoms with Crippen molar-refractivity contribution in [2.75, 3.05) is 10.6 Å². The molecule has 25 heavy (non-hydrogen) atoms. The second-order valence-corrected chi connectivity index (χ2v) is 7.75. The summed E-state index contributed by atoms with van der Waals surface area (Å²) in [5.41, 5.74) is 0.781. The number of halogens is 1. The minimum absolute atomic E-state index is 0.0867. The molecule has 1 heterocycles. The first-order valence-electron chi connectivity index (χ1n) is 8.01. The van der Waals surface area contributed by atoms with E-state index in [0.29, 0.717) is 10.8 Å². The number of benzene rings is 1. The number of nitrogens with zero attached hydrogens (tertiary/aromatic N) is 1. The van der Waals surface area contributed by atoms with E-state index < -0.39 is 0 Å². The second kappa shape index (κ2) is 7.89. The molecule has 1 unspecified atom stereocenters. The Bertz CT molecular complexity index is 761. The number of carbonyl (C=O) groups is 2. The highest BCUT2D eigenvalue weighted by Crippen LogP contribution is 2.31. The van der Waals surface area contributed by atoms with E-state index in [1.165, 1.54) is 18.0 Å². The summed E-state index contributed by atoms with van der Waals surface area (Å²) in [6, 6.07) is 10.8. The highest BCUT2D eigenvalue weighted by Gasteiger charge is 2.29. The molecule has 0 aliphatic heterocycles. The molecule has 1 aliphatic carbocycles. The predicted molar refractivity (Wildman–Crippen MR) is 101 cm³/mol. The van der Waals surface area contributed by atoms with Gasteiger partial charge >= 0.3 is 0 Å². The normalized spacial score (nSPS) is 14.6. The fourth-order valence-electron chi connectivity index (χ4n) is 2.14. The van der Waals surface area contributed by atoms with Crippen LogP contribution in [-0.2, 0) is 9.59 Å². The van der Waals surface area contributed by atoms with E-state index >= 15 is 0 Å². The van der Waals surface area contributed by atoms with Gasteiger partial charge in [0.15, 0.2) is 0 Å². The third-order valence-electron chi connectivity index (χ3n) is 3.73. The van der Waals surface area contributed by atoms with E-state index in [4.69, 9.17) is 11.6 Å². The Hall–Kier alpha value is -2.05. The Kier molecular flexibility index (Phi) is 5.60. The van der Waals surface area contributed by atoms with Gasteiger partial charge in [0, 0.05) is 22.7 Å². The van der Waals surface area contributed by atoms with Crippen molar-refractivity contribution in [1.82, 2.24) is 4.98 Å². The smallest absolute Gasteiger partial charge is 0.238 e. The quantitative estimate of drug-likeness (QED) is 0.742. The van der Waals surface area contributed by atoms with Crippen LogP contribution >= 0.6 is 23.4 Å². The van der Waals surface area contributed by atoms with E-state index in [0.717, 1.165) is 23.4 Å². The molecule has 130 valence electrons. The zero-order valence-electron chi connectivity index (χ0n) is 13.7. The summed E-state index contributed by atoms with van der Waals surface area (Å²) in [6.45, 7) is 1.83. The number of aromatic nitrogens is 1. The van der Waals surface area contributed by atoms with Gasteiger partial charge in [-0.3, -0.25) is 9.59 Å². The van der Waals surface area contributed by atoms with E-state index in [-0.39, 0.29) is 23.0 Å². The zero-order chi connectivity index (χ0) is 17.8. The van der Waals surface area contributed by atoms with Crippen molar-refractivity contribution >= 4 is 46.7 Å². The molecule has 1 fully saturated rings. The van der Waals surface area contributed by atoms with Crippen molar-refractivity contribution in [1.29, 1.82) is 0 Å². The SMILES string of the molecule is CC(Sc1ccc(NC(=O)C2CC2)cc1)C(=O)Nc1ccc(Cl)cn1. The molecule has 0 spiro atoms. The van der Waals surface area contributed by atoms with Crippen LogP contribution in [0, 0.1) is 5.92 Å². The molecule has 7 heteroatoms. The minimum Gasteiger partial charge on any atom is -0.326 e. The Balaban J connectivity index is 1.52. The molecule has 3 rings (SSSR count). The monoisotopic (exact) mass is 375 g/mol. The lowest BCUT2D eigenvalue weighted by Crippen LogP contribution is -2.22. The maximum atomic E-state index is 12.2. The largest absolute Gasteiger partial charge is 0.326 e. The van der Waals surface area contributed by atoms with Gasteiger partial charge in [0.05, 0.1) is 10.3 Å². The molecule has 1 saturated carbocycles. The highest BCUT2D eigenvalue weighted by atomic mass is 35.5. The summed E-state index contributed by atoms with van der Waals surface area (Å²) in [6.07, 6.45) is 3.45. The molecule has 1 aromatic heterocycles. The molecule has 1 aliphatic rings. The van der Waals surface area contributed by atoms with Gasteiger partial charge in [-0.15, -0.1) is 11.8 Å². The number of thioether (sulfide) groups is 1. The standard InChI is InChI=1S/C18H18ClN3O2S/c1-11(17(23)22-16-9-4-13(19)10-20-16)25-15-7-5-14(6-8-15)21-18(24)12-2-3-12/h4-12H,2-3H2,1H3,(H,21,24)(H,20,22,23). The van der Waals surface area contributed by atoms with Crippen molar-refractivity contribution in [3.05, 3.63) is 47.6 Å². The van der Waals surface area contributed by atoms with Crippen molar-refractivity contribution in [2.24, 2.45) is 5.92 Å². The van der Waals surface area contributed by atoms with E-state index in [2.05, 4.69) is 15.6 Å². The molecular weight excluding hydrogens is 358 g/mol. The Morgan fingerprint density at radius 3 is 2.48 bits per heavy atom. The van der Waals surface area contributed by atoms with Crippen molar-refractivity contribution in [2.45, 2.75) is 29.9 Å². The molecule has 0 bridgehead atoms. The molecule has 2 N–H and O–H groups in total. The molecule has 0 saturated heterocycles. The van der Waals surface area contributed by atoms with Crippen LogP contribution in [0.2, 0.25) is 5.02 Å². The van der Waals surface area contributed by atoms with Gasteiger partial charge in [-0.25, -0.2) is 4.98 Å². The molecular formula is C18H18ClN3O2S. The van der Waals surface area contributed by atoms with E-state index in [9.17, 15) is 9.59 Å². The van der Waals surface area contributed by atoms with Crippen LogP contribution < -0.4 is 10.6 Å². The number of nitrogens with one attached hydrogen (secondary N) is 2. The van der Waals surface area contributed by atoms with E-state index in [1.54, 1.807) is 12.1 Å². The summed E-state index contributed by atoms with van der Waals surface area (Å²) >= 11 is 7.22. The number of hydrogen-bond donors (Lipinski definition) is 2. The number of anilines is 2. The minimum atomic E-state index is -0.288. The van der Waals surface area contributed by atoms with Crippen LogP contribution in [0.25, 0.3) is 0 Å². The maximum Gasteiger partial charge on any atom is 0.238 e. The van der Waals surface area contributed by atoms with Crippen LogP contribution in [0.15, 0.2) is 47.5 Å². The number of hydrogen-bond acceptors (Lipinski definition) is 4. The summed E-state index contributed by atoms with van der Waals surface area (Å²) in [7, 11) is 0. The molecule has 1 aromatic carbocycles. The van der Waals surface area contributed by atoms with Gasteiger partial charge in [0.1, 0.15) is 5.82 Å². The molecule has 2 amide bonds. The van der Waals surface area contributed by atoms with Gasteiger partial charge in [-0.05, 0) is 56.2 Å². The van der Waals surface area contributed by atoms with Gasteiger partial charge in [0.25, 0.3) is 0 Å². The van der Waals surface area contributed by atoms with Crippen LogP contribution in [0.4, 0.5) is 11.5 Å². The molecule has 0 radical (unpaired) electrons. The van der Waals surface area contributed by atoms with Crippen molar-refractivity contribution in [3.8, 4) is 0 Å². The van der Waals surface area contributed by atoms with Gasteiger partial charge in [0.2, 0.25) is 11.8 Å². The molecule has 2 aromatic rings. The van der Waals surface area contributed by atoms with E-state index in [1.807, 2.05) is 31.2 Å². The molecule has 1 atom stereocenters. The average Bonchev–Trinajstić information content (AvgIpc) is 3.43. The maximum absolute atomic E-state index is 12.2. The summed E-state index contributed by atoms with van der Waals surface area (Å²) in [4.78, 5) is 29.0. The first kappa shape index (κ1) is 17.8. The first-order valence-corrected chi connectivity index (χ1v) is 9.27. The van der Waals surface area contributed by atoms with Gasteiger partial charge < -0.3 is 10.6 Å². The number of amides is 2.